The van der Waals surface area contributed by atoms with Gasteiger partial charge in [-0.05, 0) is 38.5 Å². The number of carbonyl (C=O) groups is 1. The molecule has 2 rings (SSSR count). The molecule has 0 aliphatic heterocycles. The summed E-state index contributed by atoms with van der Waals surface area (Å²) in [5.41, 5.74) is 1.05. The molecule has 5 N–H and O–H groups in total. The van der Waals surface area contributed by atoms with Crippen molar-refractivity contribution < 1.29 is 35.1 Å². The van der Waals surface area contributed by atoms with Gasteiger partial charge in [0.1, 0.15) is 28.7 Å². The topological polar surface area (TPSA) is 127 Å². The summed E-state index contributed by atoms with van der Waals surface area (Å²) in [5.74, 6) is -2.47. The third-order valence-corrected chi connectivity index (χ3v) is 4.09. The molecule has 0 aliphatic carbocycles. The number of hydrogen-bond donors (Lipinski definition) is 5. The molecule has 0 spiro atoms. The van der Waals surface area contributed by atoms with Crippen molar-refractivity contribution in [2.75, 3.05) is 7.11 Å². The average Bonchev–Trinajstić information content (AvgIpc) is 2.60. The second kappa shape index (κ2) is 8.39. The van der Waals surface area contributed by atoms with Gasteiger partial charge in [-0.15, -0.1) is 0 Å². The quantitative estimate of drug-likeness (QED) is 0.291. The maximum atomic E-state index is 11.8. The number of hydrogen-bond acceptors (Lipinski definition) is 6. The molecular weight excluding hydrogens is 364 g/mol. The minimum atomic E-state index is -1.36. The van der Waals surface area contributed by atoms with Gasteiger partial charge in [0, 0.05) is 23.3 Å². The highest BCUT2D eigenvalue weighted by molar-refractivity contribution is 6.21. The molecule has 2 aromatic rings. The zero-order valence-electron chi connectivity index (χ0n) is 15.7. The third-order valence-electron chi connectivity index (χ3n) is 4.09. The molecule has 2 aromatic carbocycles. The molecule has 28 heavy (non-hydrogen) atoms. The Morgan fingerprint density at radius 1 is 1.04 bits per heavy atom. The van der Waals surface area contributed by atoms with Crippen LogP contribution in [0.1, 0.15) is 30.5 Å². The number of carboxylic acid groups (broad SMARTS) is 1. The number of allylic oxidation sites excluding steroid dienone is 2. The third kappa shape index (κ3) is 4.37. The van der Waals surface area contributed by atoms with Crippen LogP contribution in [0.2, 0.25) is 0 Å². The molecule has 0 bridgehead atoms. The van der Waals surface area contributed by atoms with E-state index in [0.29, 0.717) is 12.0 Å². The molecule has 0 aromatic heterocycles. The van der Waals surface area contributed by atoms with E-state index in [1.165, 1.54) is 19.2 Å². The van der Waals surface area contributed by atoms with Gasteiger partial charge in [-0.2, -0.15) is 0 Å². The fraction of sp³-hybridized carbons (Fsp3) is 0.190. The van der Waals surface area contributed by atoms with Crippen LogP contribution in [0.3, 0.4) is 0 Å². The van der Waals surface area contributed by atoms with E-state index in [1.807, 2.05) is 19.9 Å². The molecular formula is C21H22O7. The fourth-order valence-electron chi connectivity index (χ4n) is 2.71. The predicted octanol–water partition coefficient (Wildman–Crippen LogP) is 3.65. The van der Waals surface area contributed by atoms with Crippen molar-refractivity contribution in [3.63, 3.8) is 0 Å². The number of aromatic hydroxyl groups is 4. The molecule has 0 heterocycles. The lowest BCUT2D eigenvalue weighted by molar-refractivity contribution is -0.130. The molecule has 0 amide bonds. The van der Waals surface area contributed by atoms with E-state index < -0.39 is 11.7 Å². The van der Waals surface area contributed by atoms with Crippen LogP contribution in [0.4, 0.5) is 0 Å². The molecule has 0 fully saturated rings. The maximum Gasteiger partial charge on any atom is 0.336 e. The number of carboxylic acids is 1. The van der Waals surface area contributed by atoms with E-state index >= 15 is 0 Å². The van der Waals surface area contributed by atoms with Gasteiger partial charge in [0.15, 0.2) is 0 Å². The Labute approximate surface area is 162 Å². The lowest BCUT2D eigenvalue weighted by atomic mass is 9.97. The first-order valence-electron chi connectivity index (χ1n) is 8.38. The van der Waals surface area contributed by atoms with E-state index in [4.69, 9.17) is 4.74 Å². The zero-order chi connectivity index (χ0) is 21.0. The first kappa shape index (κ1) is 20.7. The number of benzene rings is 2. The Morgan fingerprint density at radius 3 is 2.25 bits per heavy atom. The SMILES string of the molecule is COc1c(/C=C(\C(=O)O)c2ccc(O)cc2O)c(O)cc(O)c1CC=C(C)C. The van der Waals surface area contributed by atoms with Crippen LogP contribution in [-0.2, 0) is 11.2 Å². The largest absolute Gasteiger partial charge is 0.508 e. The molecule has 0 aliphatic rings. The molecule has 0 saturated heterocycles. The summed E-state index contributed by atoms with van der Waals surface area (Å²) in [6.07, 6.45) is 3.31. The van der Waals surface area contributed by atoms with Crippen LogP contribution in [0.25, 0.3) is 11.6 Å². The highest BCUT2D eigenvalue weighted by Gasteiger charge is 2.21. The lowest BCUT2D eigenvalue weighted by Crippen LogP contribution is -2.02. The molecule has 0 unspecified atom stereocenters. The lowest BCUT2D eigenvalue weighted by Gasteiger charge is -2.15. The summed E-state index contributed by atoms with van der Waals surface area (Å²) in [7, 11) is 1.34. The second-order valence-electron chi connectivity index (χ2n) is 6.39. The Bertz CT molecular complexity index is 967. The molecule has 148 valence electrons. The molecule has 7 nitrogen and oxygen atoms in total. The highest BCUT2D eigenvalue weighted by Crippen LogP contribution is 2.41. The van der Waals surface area contributed by atoms with Gasteiger partial charge in [-0.3, -0.25) is 0 Å². The van der Waals surface area contributed by atoms with Crippen molar-refractivity contribution in [1.82, 2.24) is 0 Å². The van der Waals surface area contributed by atoms with Gasteiger partial charge < -0.3 is 30.3 Å². The van der Waals surface area contributed by atoms with Gasteiger partial charge in [-0.1, -0.05) is 11.6 Å². The van der Waals surface area contributed by atoms with Crippen LogP contribution in [0.15, 0.2) is 35.9 Å². The predicted molar refractivity (Wildman–Crippen MR) is 105 cm³/mol. The summed E-state index contributed by atoms with van der Waals surface area (Å²) >= 11 is 0. The van der Waals surface area contributed by atoms with Gasteiger partial charge in [0.05, 0.1) is 18.2 Å². The van der Waals surface area contributed by atoms with Gasteiger partial charge in [0.25, 0.3) is 0 Å². The van der Waals surface area contributed by atoms with E-state index in [2.05, 4.69) is 0 Å². The van der Waals surface area contributed by atoms with E-state index in [9.17, 15) is 30.3 Å². The van der Waals surface area contributed by atoms with Crippen LogP contribution < -0.4 is 4.74 Å². The summed E-state index contributed by atoms with van der Waals surface area (Å²) in [6, 6.07) is 4.61. The number of aliphatic carboxylic acids is 1. The Balaban J connectivity index is 2.74. The number of ether oxygens (including phenoxy) is 1. The Hall–Kier alpha value is -3.61. The van der Waals surface area contributed by atoms with Crippen molar-refractivity contribution >= 4 is 17.6 Å². The van der Waals surface area contributed by atoms with Crippen molar-refractivity contribution in [2.24, 2.45) is 0 Å². The van der Waals surface area contributed by atoms with Crippen LogP contribution in [0.5, 0.6) is 28.7 Å². The van der Waals surface area contributed by atoms with Crippen molar-refractivity contribution in [2.45, 2.75) is 20.3 Å². The minimum Gasteiger partial charge on any atom is -0.508 e. The van der Waals surface area contributed by atoms with E-state index in [0.717, 1.165) is 23.8 Å². The number of phenolic OH excluding ortho intramolecular Hbond substituents is 4. The number of phenols is 4. The van der Waals surface area contributed by atoms with Crippen LogP contribution in [-0.4, -0.2) is 38.6 Å². The number of methoxy groups -OCH3 is 1. The standard InChI is InChI=1S/C21H22O7/c1-11(2)4-6-14-18(24)10-19(25)16(20(14)28-3)9-15(21(26)27)13-7-5-12(22)8-17(13)23/h4-5,7-10,22-25H,6H2,1-3H3,(H,26,27)/b15-9-. The van der Waals surface area contributed by atoms with Crippen molar-refractivity contribution in [3.05, 3.63) is 52.6 Å². The zero-order valence-corrected chi connectivity index (χ0v) is 15.7. The fourth-order valence-corrected chi connectivity index (χ4v) is 2.71. The minimum absolute atomic E-state index is 0.0438. The maximum absolute atomic E-state index is 11.8. The molecule has 0 atom stereocenters. The van der Waals surface area contributed by atoms with Crippen molar-refractivity contribution in [3.8, 4) is 28.7 Å². The monoisotopic (exact) mass is 386 g/mol. The molecule has 0 saturated carbocycles. The summed E-state index contributed by atoms with van der Waals surface area (Å²) in [6.45, 7) is 3.78. The molecule has 0 radical (unpaired) electrons. The Kier molecular flexibility index (Phi) is 6.20. The average molecular weight is 386 g/mol. The van der Waals surface area contributed by atoms with Gasteiger partial charge >= 0.3 is 5.97 Å². The molecule has 7 heteroatoms. The smallest absolute Gasteiger partial charge is 0.336 e. The first-order valence-corrected chi connectivity index (χ1v) is 8.38. The highest BCUT2D eigenvalue weighted by atomic mass is 16.5. The Morgan fingerprint density at radius 2 is 1.71 bits per heavy atom. The van der Waals surface area contributed by atoms with Crippen molar-refractivity contribution in [1.29, 1.82) is 0 Å². The van der Waals surface area contributed by atoms with E-state index in [-0.39, 0.29) is 39.7 Å². The van der Waals surface area contributed by atoms with E-state index in [1.54, 1.807) is 0 Å². The van der Waals surface area contributed by atoms with Crippen LogP contribution >= 0.6 is 0 Å². The summed E-state index contributed by atoms with van der Waals surface area (Å²) in [4.78, 5) is 11.8. The normalized spacial score (nSPS) is 11.2. The first-order chi connectivity index (χ1) is 13.1. The number of rotatable bonds is 6. The van der Waals surface area contributed by atoms with Gasteiger partial charge in [-0.25, -0.2) is 4.79 Å². The second-order valence-corrected chi connectivity index (χ2v) is 6.39. The summed E-state index contributed by atoms with van der Waals surface area (Å²) < 4.78 is 5.35. The van der Waals surface area contributed by atoms with Gasteiger partial charge in [0.2, 0.25) is 0 Å². The summed E-state index contributed by atoms with van der Waals surface area (Å²) in [5, 5.41) is 49.6. The van der Waals surface area contributed by atoms with Crippen LogP contribution in [0, 0.1) is 0 Å².